The standard InChI is InChI=1S/C19H18N2/c20-19(12-21-13-19)18-7-3-6-16(11-18)17-9-8-14-4-1-2-5-15(14)10-17/h1-11,21H,12-13,20H2. The van der Waals surface area contributed by atoms with Gasteiger partial charge in [-0.25, -0.2) is 0 Å². The number of hydrogen-bond acceptors (Lipinski definition) is 2. The molecular formula is C19H18N2. The minimum Gasteiger partial charge on any atom is -0.319 e. The van der Waals surface area contributed by atoms with Crippen LogP contribution in [0.15, 0.2) is 66.7 Å². The average Bonchev–Trinajstić information content (AvgIpc) is 2.52. The van der Waals surface area contributed by atoms with Crippen molar-refractivity contribution in [2.24, 2.45) is 5.73 Å². The van der Waals surface area contributed by atoms with Crippen LogP contribution < -0.4 is 11.1 Å². The first-order valence-electron chi connectivity index (χ1n) is 7.34. The summed E-state index contributed by atoms with van der Waals surface area (Å²) in [6, 6.07) is 23.7. The summed E-state index contributed by atoms with van der Waals surface area (Å²) in [5, 5.41) is 5.80. The maximum absolute atomic E-state index is 6.40. The van der Waals surface area contributed by atoms with Crippen molar-refractivity contribution in [3.63, 3.8) is 0 Å². The second-order valence-electron chi connectivity index (χ2n) is 5.90. The molecule has 1 aliphatic heterocycles. The van der Waals surface area contributed by atoms with Gasteiger partial charge in [-0.15, -0.1) is 0 Å². The largest absolute Gasteiger partial charge is 0.319 e. The highest BCUT2D eigenvalue weighted by Crippen LogP contribution is 2.29. The van der Waals surface area contributed by atoms with Gasteiger partial charge >= 0.3 is 0 Å². The summed E-state index contributed by atoms with van der Waals surface area (Å²) in [7, 11) is 0. The van der Waals surface area contributed by atoms with E-state index >= 15 is 0 Å². The van der Waals surface area contributed by atoms with E-state index in [9.17, 15) is 0 Å². The monoisotopic (exact) mass is 274 g/mol. The molecule has 0 aliphatic carbocycles. The number of hydrogen-bond donors (Lipinski definition) is 2. The quantitative estimate of drug-likeness (QED) is 0.752. The van der Waals surface area contributed by atoms with Gasteiger partial charge in [-0.05, 0) is 39.6 Å². The molecule has 0 radical (unpaired) electrons. The Morgan fingerprint density at radius 3 is 2.29 bits per heavy atom. The molecule has 1 saturated heterocycles. The average molecular weight is 274 g/mol. The van der Waals surface area contributed by atoms with Crippen LogP contribution in [0.1, 0.15) is 5.56 Å². The third-order valence-corrected chi connectivity index (χ3v) is 4.40. The Balaban J connectivity index is 1.79. The number of benzene rings is 3. The Kier molecular flexibility index (Phi) is 2.81. The summed E-state index contributed by atoms with van der Waals surface area (Å²) in [5.74, 6) is 0. The molecule has 0 saturated carbocycles. The van der Waals surface area contributed by atoms with Crippen molar-refractivity contribution in [3.8, 4) is 11.1 Å². The van der Waals surface area contributed by atoms with Crippen molar-refractivity contribution < 1.29 is 0 Å². The third kappa shape index (κ3) is 2.13. The number of nitrogens with one attached hydrogen (secondary N) is 1. The van der Waals surface area contributed by atoms with Crippen LogP contribution in [0.25, 0.3) is 21.9 Å². The zero-order chi connectivity index (χ0) is 14.3. The van der Waals surface area contributed by atoms with E-state index in [1.165, 1.54) is 27.5 Å². The first-order chi connectivity index (χ1) is 10.2. The Labute approximate surface area is 124 Å². The van der Waals surface area contributed by atoms with Crippen LogP contribution in [-0.2, 0) is 5.54 Å². The van der Waals surface area contributed by atoms with Crippen molar-refractivity contribution in [2.75, 3.05) is 13.1 Å². The Bertz CT molecular complexity index is 803. The Morgan fingerprint density at radius 1 is 0.762 bits per heavy atom. The van der Waals surface area contributed by atoms with E-state index in [4.69, 9.17) is 5.73 Å². The van der Waals surface area contributed by atoms with E-state index in [1.807, 2.05) is 0 Å². The smallest absolute Gasteiger partial charge is 0.0662 e. The van der Waals surface area contributed by atoms with Crippen LogP contribution in [0, 0.1) is 0 Å². The molecule has 0 bridgehead atoms. The van der Waals surface area contributed by atoms with Crippen LogP contribution in [0.2, 0.25) is 0 Å². The minimum atomic E-state index is -0.202. The fourth-order valence-electron chi connectivity index (χ4n) is 2.98. The summed E-state index contributed by atoms with van der Waals surface area (Å²) in [6.07, 6.45) is 0. The molecule has 4 rings (SSSR count). The Morgan fingerprint density at radius 2 is 1.52 bits per heavy atom. The predicted octanol–water partition coefficient (Wildman–Crippen LogP) is 3.26. The lowest BCUT2D eigenvalue weighted by atomic mass is 9.84. The maximum Gasteiger partial charge on any atom is 0.0662 e. The third-order valence-electron chi connectivity index (χ3n) is 4.40. The zero-order valence-electron chi connectivity index (χ0n) is 11.8. The highest BCUT2D eigenvalue weighted by Gasteiger charge is 2.34. The summed E-state index contributed by atoms with van der Waals surface area (Å²) in [5.41, 5.74) is 9.89. The van der Waals surface area contributed by atoms with Crippen molar-refractivity contribution >= 4 is 10.8 Å². The first kappa shape index (κ1) is 12.6. The van der Waals surface area contributed by atoms with Gasteiger partial charge in [-0.1, -0.05) is 54.6 Å². The molecule has 2 nitrogen and oxygen atoms in total. The van der Waals surface area contributed by atoms with Gasteiger partial charge in [-0.2, -0.15) is 0 Å². The van der Waals surface area contributed by atoms with Gasteiger partial charge in [0, 0.05) is 13.1 Å². The fourth-order valence-corrected chi connectivity index (χ4v) is 2.98. The molecule has 21 heavy (non-hydrogen) atoms. The summed E-state index contributed by atoms with van der Waals surface area (Å²) in [4.78, 5) is 0. The van der Waals surface area contributed by atoms with Gasteiger partial charge in [-0.3, -0.25) is 0 Å². The number of rotatable bonds is 2. The van der Waals surface area contributed by atoms with Gasteiger partial charge in [0.2, 0.25) is 0 Å². The Hall–Kier alpha value is -2.16. The summed E-state index contributed by atoms with van der Waals surface area (Å²) < 4.78 is 0. The van der Waals surface area contributed by atoms with E-state index < -0.39 is 0 Å². The van der Waals surface area contributed by atoms with Crippen molar-refractivity contribution in [3.05, 3.63) is 72.3 Å². The van der Waals surface area contributed by atoms with Crippen LogP contribution in [0.3, 0.4) is 0 Å². The summed E-state index contributed by atoms with van der Waals surface area (Å²) >= 11 is 0. The molecule has 1 fully saturated rings. The first-order valence-corrected chi connectivity index (χ1v) is 7.34. The maximum atomic E-state index is 6.40. The molecule has 3 aromatic rings. The molecular weight excluding hydrogens is 256 g/mol. The molecule has 2 heteroatoms. The van der Waals surface area contributed by atoms with E-state index in [1.54, 1.807) is 0 Å². The van der Waals surface area contributed by atoms with Crippen molar-refractivity contribution in [1.29, 1.82) is 0 Å². The van der Waals surface area contributed by atoms with Crippen LogP contribution >= 0.6 is 0 Å². The topological polar surface area (TPSA) is 38.0 Å². The van der Waals surface area contributed by atoms with Crippen LogP contribution in [-0.4, -0.2) is 13.1 Å². The molecule has 0 aromatic heterocycles. The number of nitrogens with two attached hydrogens (primary N) is 1. The van der Waals surface area contributed by atoms with Gasteiger partial charge in [0.15, 0.2) is 0 Å². The number of fused-ring (bicyclic) bond motifs is 1. The molecule has 0 unspecified atom stereocenters. The molecule has 3 N–H and O–H groups in total. The molecule has 0 spiro atoms. The predicted molar refractivity (Wildman–Crippen MR) is 88.1 cm³/mol. The van der Waals surface area contributed by atoms with Crippen molar-refractivity contribution in [2.45, 2.75) is 5.54 Å². The lowest BCUT2D eigenvalue weighted by Gasteiger charge is -2.39. The molecule has 104 valence electrons. The highest BCUT2D eigenvalue weighted by atomic mass is 15.1. The normalized spacial score (nSPS) is 16.6. The van der Waals surface area contributed by atoms with Crippen LogP contribution in [0.4, 0.5) is 0 Å². The lowest BCUT2D eigenvalue weighted by Crippen LogP contribution is -2.62. The summed E-state index contributed by atoms with van der Waals surface area (Å²) in [6.45, 7) is 1.71. The molecule has 0 amide bonds. The van der Waals surface area contributed by atoms with E-state index in [-0.39, 0.29) is 5.54 Å². The molecule has 1 heterocycles. The van der Waals surface area contributed by atoms with E-state index in [0.29, 0.717) is 0 Å². The fraction of sp³-hybridized carbons (Fsp3) is 0.158. The van der Waals surface area contributed by atoms with E-state index in [0.717, 1.165) is 13.1 Å². The van der Waals surface area contributed by atoms with E-state index in [2.05, 4.69) is 72.0 Å². The second kappa shape index (κ2) is 4.69. The zero-order valence-corrected chi connectivity index (χ0v) is 11.8. The SMILES string of the molecule is NC1(c2cccc(-c3ccc4ccccc4c3)c2)CNC1. The molecule has 3 aromatic carbocycles. The van der Waals surface area contributed by atoms with Crippen LogP contribution in [0.5, 0.6) is 0 Å². The molecule has 1 aliphatic rings. The molecule has 0 atom stereocenters. The van der Waals surface area contributed by atoms with Gasteiger partial charge in [0.05, 0.1) is 5.54 Å². The lowest BCUT2D eigenvalue weighted by molar-refractivity contribution is 0.287. The second-order valence-corrected chi connectivity index (χ2v) is 5.90. The minimum absolute atomic E-state index is 0.202. The van der Waals surface area contributed by atoms with Gasteiger partial charge in [0.25, 0.3) is 0 Å². The highest BCUT2D eigenvalue weighted by molar-refractivity contribution is 5.87. The van der Waals surface area contributed by atoms with Gasteiger partial charge in [0.1, 0.15) is 0 Å². The van der Waals surface area contributed by atoms with Gasteiger partial charge < -0.3 is 11.1 Å². The van der Waals surface area contributed by atoms with Crippen molar-refractivity contribution in [1.82, 2.24) is 5.32 Å².